The van der Waals surface area contributed by atoms with Gasteiger partial charge in [0.1, 0.15) is 11.3 Å². The summed E-state index contributed by atoms with van der Waals surface area (Å²) >= 11 is 0. The van der Waals surface area contributed by atoms with Gasteiger partial charge in [-0.15, -0.1) is 5.10 Å². The van der Waals surface area contributed by atoms with E-state index in [9.17, 15) is 17.6 Å². The van der Waals surface area contributed by atoms with Gasteiger partial charge in [-0.1, -0.05) is 6.07 Å². The highest BCUT2D eigenvalue weighted by Crippen LogP contribution is 2.30. The number of aromatic nitrogens is 3. The Labute approximate surface area is 115 Å². The Morgan fingerprint density at radius 3 is 2.57 bits per heavy atom. The van der Waals surface area contributed by atoms with Crippen LogP contribution in [0, 0.1) is 11.6 Å². The van der Waals surface area contributed by atoms with Crippen molar-refractivity contribution >= 4 is 11.5 Å². The average molecular weight is 296 g/mol. The molecule has 8 heteroatoms. The topological polar surface area (TPSA) is 56.2 Å². The van der Waals surface area contributed by atoms with Crippen LogP contribution in [0.4, 0.5) is 23.5 Å². The summed E-state index contributed by atoms with van der Waals surface area (Å²) in [5, 5.41) is 3.78. The summed E-state index contributed by atoms with van der Waals surface area (Å²) in [6.45, 7) is 0. The molecule has 0 bridgehead atoms. The maximum atomic E-state index is 13.9. The Kier molecular flexibility index (Phi) is 3.00. The van der Waals surface area contributed by atoms with Crippen molar-refractivity contribution in [2.45, 2.75) is 6.43 Å². The number of nitrogens with zero attached hydrogens (tertiary/aromatic N) is 3. The minimum absolute atomic E-state index is 0.0170. The molecule has 0 atom stereocenters. The first-order valence-corrected chi connectivity index (χ1v) is 5.85. The Morgan fingerprint density at radius 1 is 1.10 bits per heavy atom. The number of nitrogen functional groups attached to an aromatic ring is 1. The number of nitrogens with two attached hydrogens (primary N) is 1. The number of benzene rings is 1. The van der Waals surface area contributed by atoms with Crippen molar-refractivity contribution in [2.24, 2.45) is 0 Å². The van der Waals surface area contributed by atoms with Crippen LogP contribution in [-0.4, -0.2) is 14.6 Å². The summed E-state index contributed by atoms with van der Waals surface area (Å²) in [4.78, 5) is 3.64. The Balaban J connectivity index is 2.30. The van der Waals surface area contributed by atoms with Crippen molar-refractivity contribution in [2.75, 3.05) is 5.73 Å². The first kappa shape index (κ1) is 13.3. The third-order valence-electron chi connectivity index (χ3n) is 3.00. The second-order valence-corrected chi connectivity index (χ2v) is 4.33. The lowest BCUT2D eigenvalue weighted by atomic mass is 10.1. The van der Waals surface area contributed by atoms with E-state index in [-0.39, 0.29) is 28.3 Å². The molecule has 0 unspecified atom stereocenters. The van der Waals surface area contributed by atoms with E-state index < -0.39 is 18.1 Å². The molecule has 3 aromatic rings. The first-order valence-electron chi connectivity index (χ1n) is 5.85. The fraction of sp³-hybridized carbons (Fsp3) is 0.0769. The fourth-order valence-corrected chi connectivity index (χ4v) is 2.03. The maximum Gasteiger partial charge on any atom is 0.263 e. The highest BCUT2D eigenvalue weighted by Gasteiger charge is 2.18. The van der Waals surface area contributed by atoms with Crippen LogP contribution in [0.2, 0.25) is 0 Å². The zero-order chi connectivity index (χ0) is 15.1. The van der Waals surface area contributed by atoms with E-state index in [4.69, 9.17) is 5.73 Å². The zero-order valence-electron chi connectivity index (χ0n) is 10.4. The minimum atomic E-state index is -2.76. The molecule has 1 aromatic carbocycles. The molecule has 4 nitrogen and oxygen atoms in total. The molecule has 2 N–H and O–H groups in total. The molecule has 0 fully saturated rings. The molecule has 2 aromatic heterocycles. The number of fused-ring (bicyclic) bond motifs is 1. The molecular weight excluding hydrogens is 288 g/mol. The number of hydrogen-bond donors (Lipinski definition) is 1. The van der Waals surface area contributed by atoms with Crippen LogP contribution < -0.4 is 5.73 Å². The monoisotopic (exact) mass is 296 g/mol. The van der Waals surface area contributed by atoms with Gasteiger partial charge in [0.15, 0.2) is 5.82 Å². The molecular formula is C13H8F4N4. The SMILES string of the molecule is Nc1ncc2c(F)cc(-c3cc(C(F)F)ccc3F)n2n1. The van der Waals surface area contributed by atoms with Gasteiger partial charge >= 0.3 is 0 Å². The first-order chi connectivity index (χ1) is 9.97. The molecule has 2 heterocycles. The number of halogens is 4. The minimum Gasteiger partial charge on any atom is -0.367 e. The fourth-order valence-electron chi connectivity index (χ4n) is 2.03. The molecule has 0 spiro atoms. The molecule has 0 saturated heterocycles. The van der Waals surface area contributed by atoms with Gasteiger partial charge in [0.05, 0.1) is 11.9 Å². The third kappa shape index (κ3) is 2.18. The molecule has 108 valence electrons. The molecule has 3 rings (SSSR count). The van der Waals surface area contributed by atoms with Gasteiger partial charge in [-0.2, -0.15) is 0 Å². The molecule has 0 amide bonds. The summed E-state index contributed by atoms with van der Waals surface area (Å²) in [7, 11) is 0. The second-order valence-electron chi connectivity index (χ2n) is 4.33. The van der Waals surface area contributed by atoms with Crippen molar-refractivity contribution in [1.82, 2.24) is 14.6 Å². The smallest absolute Gasteiger partial charge is 0.263 e. The van der Waals surface area contributed by atoms with Crippen molar-refractivity contribution in [1.29, 1.82) is 0 Å². The zero-order valence-corrected chi connectivity index (χ0v) is 10.4. The number of anilines is 1. The highest BCUT2D eigenvalue weighted by atomic mass is 19.3. The summed E-state index contributed by atoms with van der Waals surface area (Å²) in [6.07, 6.45) is -1.63. The lowest BCUT2D eigenvalue weighted by Crippen LogP contribution is -2.02. The van der Waals surface area contributed by atoms with Crippen LogP contribution in [-0.2, 0) is 0 Å². The van der Waals surface area contributed by atoms with Crippen molar-refractivity contribution < 1.29 is 17.6 Å². The Bertz CT molecular complexity index is 828. The number of rotatable bonds is 2. The molecule has 0 aliphatic heterocycles. The van der Waals surface area contributed by atoms with Gasteiger partial charge in [-0.25, -0.2) is 27.1 Å². The quantitative estimate of drug-likeness (QED) is 0.739. The highest BCUT2D eigenvalue weighted by molar-refractivity contribution is 5.68. The van der Waals surface area contributed by atoms with Crippen molar-refractivity contribution in [3.05, 3.63) is 47.7 Å². The van der Waals surface area contributed by atoms with Crippen LogP contribution in [0.25, 0.3) is 16.8 Å². The van der Waals surface area contributed by atoms with Gasteiger partial charge in [-0.3, -0.25) is 0 Å². The lowest BCUT2D eigenvalue weighted by molar-refractivity contribution is 0.151. The standard InChI is InChI=1S/C13H8F4N4/c14-8-2-1-6(12(16)17)3-7(8)10-4-9(15)11-5-19-13(18)20-21(10)11/h1-5,12H,(H2,18,20). The molecule has 0 saturated carbocycles. The summed E-state index contributed by atoms with van der Waals surface area (Å²) in [6, 6.07) is 3.83. The van der Waals surface area contributed by atoms with E-state index in [2.05, 4.69) is 10.1 Å². The van der Waals surface area contributed by atoms with E-state index in [0.29, 0.717) is 0 Å². The van der Waals surface area contributed by atoms with Gasteiger partial charge in [0.25, 0.3) is 6.43 Å². The second kappa shape index (κ2) is 4.72. The van der Waals surface area contributed by atoms with Gasteiger partial charge in [-0.05, 0) is 12.1 Å². The van der Waals surface area contributed by atoms with E-state index in [1.54, 1.807) is 0 Å². The van der Waals surface area contributed by atoms with E-state index in [0.717, 1.165) is 35.0 Å². The summed E-state index contributed by atoms with van der Waals surface area (Å²) in [5.41, 5.74) is 4.81. The number of alkyl halides is 2. The van der Waals surface area contributed by atoms with E-state index >= 15 is 0 Å². The predicted molar refractivity (Wildman–Crippen MR) is 67.7 cm³/mol. The van der Waals surface area contributed by atoms with E-state index in [1.807, 2.05) is 0 Å². The lowest BCUT2D eigenvalue weighted by Gasteiger charge is -2.06. The summed E-state index contributed by atoms with van der Waals surface area (Å²) < 4.78 is 54.2. The van der Waals surface area contributed by atoms with Crippen LogP contribution in [0.5, 0.6) is 0 Å². The molecule has 0 aliphatic carbocycles. The van der Waals surface area contributed by atoms with Crippen LogP contribution >= 0.6 is 0 Å². The molecule has 0 radical (unpaired) electrons. The van der Waals surface area contributed by atoms with Crippen LogP contribution in [0.3, 0.4) is 0 Å². The predicted octanol–water partition coefficient (Wildman–Crippen LogP) is 3.19. The maximum absolute atomic E-state index is 13.9. The van der Waals surface area contributed by atoms with Crippen molar-refractivity contribution in [3.63, 3.8) is 0 Å². The molecule has 0 aliphatic rings. The van der Waals surface area contributed by atoms with Gasteiger partial charge < -0.3 is 5.73 Å². The average Bonchev–Trinajstić information content (AvgIpc) is 2.75. The Hall–Kier alpha value is -2.64. The Morgan fingerprint density at radius 2 is 1.86 bits per heavy atom. The van der Waals surface area contributed by atoms with Gasteiger partial charge in [0.2, 0.25) is 5.95 Å². The summed E-state index contributed by atoms with van der Waals surface area (Å²) in [5.74, 6) is -1.62. The normalized spacial score (nSPS) is 11.5. The van der Waals surface area contributed by atoms with E-state index in [1.165, 1.54) is 0 Å². The van der Waals surface area contributed by atoms with Crippen LogP contribution in [0.15, 0.2) is 30.5 Å². The number of hydrogen-bond acceptors (Lipinski definition) is 3. The largest absolute Gasteiger partial charge is 0.367 e. The third-order valence-corrected chi connectivity index (χ3v) is 3.00. The van der Waals surface area contributed by atoms with Gasteiger partial charge in [0, 0.05) is 17.2 Å². The van der Waals surface area contributed by atoms with Crippen molar-refractivity contribution in [3.8, 4) is 11.3 Å². The molecule has 21 heavy (non-hydrogen) atoms. The van der Waals surface area contributed by atoms with Crippen LogP contribution in [0.1, 0.15) is 12.0 Å².